The summed E-state index contributed by atoms with van der Waals surface area (Å²) in [5.74, 6) is 0.152. The third kappa shape index (κ3) is 4.50. The molecule has 0 atom stereocenters. The molecule has 5 nitrogen and oxygen atoms in total. The molecule has 6 heteroatoms. The smallest absolute Gasteiger partial charge is 0.312 e. The van der Waals surface area contributed by atoms with E-state index in [0.29, 0.717) is 6.61 Å². The maximum Gasteiger partial charge on any atom is 0.312 e. The summed E-state index contributed by atoms with van der Waals surface area (Å²) in [7, 11) is 0. The quantitative estimate of drug-likeness (QED) is 0.449. The van der Waals surface area contributed by atoms with Crippen LogP contribution in [0.4, 0.5) is 5.69 Å². The summed E-state index contributed by atoms with van der Waals surface area (Å²) >= 11 is 5.89. The van der Waals surface area contributed by atoms with Crippen LogP contribution in [0.25, 0.3) is 0 Å². The minimum Gasteiger partial charge on any atom is -0.486 e. The van der Waals surface area contributed by atoms with Gasteiger partial charge in [0.15, 0.2) is 0 Å². The van der Waals surface area contributed by atoms with Gasteiger partial charge in [-0.05, 0) is 32.0 Å². The first-order valence-electron chi connectivity index (χ1n) is 5.93. The fourth-order valence-electron chi connectivity index (χ4n) is 1.46. The predicted octanol–water partition coefficient (Wildman–Crippen LogP) is 3.02. The standard InChI is InChI=1S/C12H17ClN2O3/c1-2-7-14-8-4-9-18-12-10(13)5-3-6-11(12)15(16)17/h3,5-6,14H,2,4,7-9H2,1H3. The van der Waals surface area contributed by atoms with Crippen molar-refractivity contribution in [1.82, 2.24) is 5.32 Å². The van der Waals surface area contributed by atoms with Crippen LogP contribution in [0.2, 0.25) is 5.02 Å². The van der Waals surface area contributed by atoms with E-state index >= 15 is 0 Å². The molecule has 0 amide bonds. The third-order valence-corrected chi connectivity index (χ3v) is 2.61. The van der Waals surface area contributed by atoms with E-state index in [1.54, 1.807) is 6.07 Å². The Bertz CT molecular complexity index is 399. The normalized spacial score (nSPS) is 10.3. The van der Waals surface area contributed by atoms with E-state index in [1.807, 2.05) is 0 Å². The molecule has 100 valence electrons. The molecule has 0 spiro atoms. The maximum atomic E-state index is 10.8. The van der Waals surface area contributed by atoms with Crippen LogP contribution in [0.3, 0.4) is 0 Å². The largest absolute Gasteiger partial charge is 0.486 e. The minimum absolute atomic E-state index is 0.0935. The molecule has 0 saturated heterocycles. The van der Waals surface area contributed by atoms with Crippen molar-refractivity contribution in [3.8, 4) is 5.75 Å². The van der Waals surface area contributed by atoms with Crippen LogP contribution in [0, 0.1) is 10.1 Å². The number of halogens is 1. The van der Waals surface area contributed by atoms with Gasteiger partial charge in [0.1, 0.15) is 0 Å². The van der Waals surface area contributed by atoms with Gasteiger partial charge >= 0.3 is 5.69 Å². The van der Waals surface area contributed by atoms with Crippen molar-refractivity contribution in [2.24, 2.45) is 0 Å². The minimum atomic E-state index is -0.490. The summed E-state index contributed by atoms with van der Waals surface area (Å²) in [5.41, 5.74) is -0.0935. The van der Waals surface area contributed by atoms with E-state index in [-0.39, 0.29) is 16.5 Å². The molecule has 0 heterocycles. The summed E-state index contributed by atoms with van der Waals surface area (Å²) < 4.78 is 5.40. The summed E-state index contributed by atoms with van der Waals surface area (Å²) in [6.45, 7) is 4.29. The van der Waals surface area contributed by atoms with E-state index in [9.17, 15) is 10.1 Å². The molecule has 0 saturated carbocycles. The Kier molecular flexibility index (Phi) is 6.46. The molecule has 0 unspecified atom stereocenters. The van der Waals surface area contributed by atoms with Gasteiger partial charge < -0.3 is 10.1 Å². The van der Waals surface area contributed by atoms with Crippen LogP contribution >= 0.6 is 11.6 Å². The second kappa shape index (κ2) is 7.89. The predicted molar refractivity (Wildman–Crippen MR) is 71.4 cm³/mol. The molecule has 0 radical (unpaired) electrons. The van der Waals surface area contributed by atoms with Crippen LogP contribution in [0.5, 0.6) is 5.75 Å². The highest BCUT2D eigenvalue weighted by Gasteiger charge is 2.17. The molecule has 1 rings (SSSR count). The van der Waals surface area contributed by atoms with Crippen molar-refractivity contribution >= 4 is 17.3 Å². The molecule has 0 aliphatic heterocycles. The van der Waals surface area contributed by atoms with E-state index in [1.165, 1.54) is 12.1 Å². The second-order valence-corrected chi connectivity index (χ2v) is 4.20. The number of para-hydroxylation sites is 1. The molecule has 0 aromatic heterocycles. The number of nitro benzene ring substituents is 1. The van der Waals surface area contributed by atoms with E-state index in [0.717, 1.165) is 25.9 Å². The summed E-state index contributed by atoms with van der Waals surface area (Å²) in [5, 5.41) is 14.3. The second-order valence-electron chi connectivity index (χ2n) is 3.80. The van der Waals surface area contributed by atoms with Gasteiger partial charge in [0, 0.05) is 6.07 Å². The molecule has 18 heavy (non-hydrogen) atoms. The number of nitro groups is 1. The Balaban J connectivity index is 2.48. The number of nitrogens with one attached hydrogen (secondary N) is 1. The Morgan fingerprint density at radius 1 is 1.44 bits per heavy atom. The van der Waals surface area contributed by atoms with Crippen LogP contribution < -0.4 is 10.1 Å². The number of hydrogen-bond donors (Lipinski definition) is 1. The molecule has 0 aliphatic carbocycles. The molecule has 0 bridgehead atoms. The van der Waals surface area contributed by atoms with Gasteiger partial charge in [0.25, 0.3) is 0 Å². The van der Waals surface area contributed by atoms with Gasteiger partial charge in [-0.2, -0.15) is 0 Å². The lowest BCUT2D eigenvalue weighted by atomic mass is 10.3. The molecule has 0 aliphatic rings. The first-order valence-corrected chi connectivity index (χ1v) is 6.31. The Morgan fingerprint density at radius 2 is 2.22 bits per heavy atom. The van der Waals surface area contributed by atoms with Crippen molar-refractivity contribution in [2.75, 3.05) is 19.7 Å². The lowest BCUT2D eigenvalue weighted by Crippen LogP contribution is -2.18. The molecular formula is C12H17ClN2O3. The van der Waals surface area contributed by atoms with Gasteiger partial charge in [-0.25, -0.2) is 0 Å². The highest BCUT2D eigenvalue weighted by Crippen LogP contribution is 2.34. The van der Waals surface area contributed by atoms with Crippen molar-refractivity contribution in [1.29, 1.82) is 0 Å². The Labute approximate surface area is 111 Å². The number of nitrogens with zero attached hydrogens (tertiary/aromatic N) is 1. The third-order valence-electron chi connectivity index (χ3n) is 2.31. The number of ether oxygens (including phenoxy) is 1. The number of hydrogen-bond acceptors (Lipinski definition) is 4. The summed E-state index contributed by atoms with van der Waals surface area (Å²) in [4.78, 5) is 10.3. The topological polar surface area (TPSA) is 64.4 Å². The van der Waals surface area contributed by atoms with E-state index < -0.39 is 4.92 Å². The Morgan fingerprint density at radius 3 is 2.89 bits per heavy atom. The lowest BCUT2D eigenvalue weighted by Gasteiger charge is -2.08. The van der Waals surface area contributed by atoms with Gasteiger partial charge in [-0.1, -0.05) is 24.6 Å². The number of benzene rings is 1. The van der Waals surface area contributed by atoms with Crippen molar-refractivity contribution < 1.29 is 9.66 Å². The molecule has 1 aromatic carbocycles. The van der Waals surface area contributed by atoms with E-state index in [2.05, 4.69) is 12.2 Å². The summed E-state index contributed by atoms with van der Waals surface area (Å²) in [6.07, 6.45) is 1.86. The van der Waals surface area contributed by atoms with Crippen LogP contribution in [0.15, 0.2) is 18.2 Å². The highest BCUT2D eigenvalue weighted by molar-refractivity contribution is 6.32. The maximum absolute atomic E-state index is 10.8. The van der Waals surface area contributed by atoms with Crippen molar-refractivity contribution in [3.63, 3.8) is 0 Å². The molecular weight excluding hydrogens is 256 g/mol. The van der Waals surface area contributed by atoms with Crippen molar-refractivity contribution in [3.05, 3.63) is 33.3 Å². The molecule has 1 aromatic rings. The van der Waals surface area contributed by atoms with Gasteiger partial charge in [-0.15, -0.1) is 0 Å². The van der Waals surface area contributed by atoms with Crippen LogP contribution in [-0.4, -0.2) is 24.6 Å². The lowest BCUT2D eigenvalue weighted by molar-refractivity contribution is -0.385. The first-order chi connectivity index (χ1) is 8.66. The fraction of sp³-hybridized carbons (Fsp3) is 0.500. The monoisotopic (exact) mass is 272 g/mol. The first kappa shape index (κ1) is 14.7. The van der Waals surface area contributed by atoms with Gasteiger partial charge in [0.2, 0.25) is 5.75 Å². The zero-order valence-electron chi connectivity index (χ0n) is 10.3. The molecule has 0 fully saturated rings. The van der Waals surface area contributed by atoms with Gasteiger partial charge in [-0.3, -0.25) is 10.1 Å². The van der Waals surface area contributed by atoms with Crippen molar-refractivity contribution in [2.45, 2.75) is 19.8 Å². The number of rotatable bonds is 8. The zero-order valence-corrected chi connectivity index (χ0v) is 11.1. The van der Waals surface area contributed by atoms with E-state index in [4.69, 9.17) is 16.3 Å². The zero-order chi connectivity index (χ0) is 13.4. The SMILES string of the molecule is CCCNCCCOc1c(Cl)cccc1[N+](=O)[O-]. The highest BCUT2D eigenvalue weighted by atomic mass is 35.5. The average molecular weight is 273 g/mol. The summed E-state index contributed by atoms with van der Waals surface area (Å²) in [6, 6.07) is 4.51. The average Bonchev–Trinajstić information content (AvgIpc) is 2.34. The Hall–Kier alpha value is -1.33. The fourth-order valence-corrected chi connectivity index (χ4v) is 1.68. The molecule has 1 N–H and O–H groups in total. The van der Waals surface area contributed by atoms with Crippen LogP contribution in [0.1, 0.15) is 19.8 Å². The van der Waals surface area contributed by atoms with Crippen LogP contribution in [-0.2, 0) is 0 Å². The van der Waals surface area contributed by atoms with Gasteiger partial charge in [0.05, 0.1) is 16.6 Å².